The molecule has 0 amide bonds. The predicted octanol–water partition coefficient (Wildman–Crippen LogP) is 0.268. The monoisotopic (exact) mass is 289 g/mol. The summed E-state index contributed by atoms with van der Waals surface area (Å²) in [6.07, 6.45) is 0. The van der Waals surface area contributed by atoms with Gasteiger partial charge in [-0.2, -0.15) is 12.6 Å². The average molecular weight is 289 g/mol. The van der Waals surface area contributed by atoms with Crippen LogP contribution in [-0.4, -0.2) is 28.2 Å². The molecule has 0 radical (unpaired) electrons. The molecule has 0 aliphatic heterocycles. The fraction of sp³-hybridized carbons (Fsp3) is 0.600. The largest absolute Gasteiger partial charge is 0.479 e. The molecule has 4 nitrogen and oxygen atoms in total. The minimum atomic E-state index is -1.54. The Morgan fingerprint density at radius 2 is 2.18 bits per heavy atom. The van der Waals surface area contributed by atoms with E-state index in [-0.39, 0.29) is 5.75 Å². The summed E-state index contributed by atoms with van der Waals surface area (Å²) in [6.45, 7) is 1.22. The van der Waals surface area contributed by atoms with E-state index in [2.05, 4.69) is 16.2 Å². The molecule has 64 valence electrons. The molecule has 0 heterocycles. The van der Waals surface area contributed by atoms with Gasteiger partial charge < -0.3 is 5.11 Å². The number of aliphatic carboxylic acids is 1. The highest BCUT2D eigenvalue weighted by Gasteiger charge is 2.41. The van der Waals surface area contributed by atoms with Crippen molar-refractivity contribution < 1.29 is 14.7 Å². The molecule has 0 aromatic heterocycles. The molecule has 0 saturated carbocycles. The average Bonchev–Trinajstić information content (AvgIpc) is 1.90. The molecular formula is C5H8INO3S. The SMILES string of the molecule is CC(=O)C(CS)(NI)C(=O)O. The van der Waals surface area contributed by atoms with E-state index in [0.29, 0.717) is 0 Å². The van der Waals surface area contributed by atoms with Gasteiger partial charge >= 0.3 is 5.97 Å². The van der Waals surface area contributed by atoms with E-state index < -0.39 is 17.3 Å². The van der Waals surface area contributed by atoms with Gasteiger partial charge in [0.15, 0.2) is 11.3 Å². The summed E-state index contributed by atoms with van der Waals surface area (Å²) in [6, 6.07) is 0. The van der Waals surface area contributed by atoms with Crippen LogP contribution in [0.15, 0.2) is 0 Å². The second-order valence-electron chi connectivity index (χ2n) is 2.02. The molecule has 0 aliphatic carbocycles. The third-order valence-electron chi connectivity index (χ3n) is 1.36. The Kier molecular flexibility index (Phi) is 4.34. The number of carboxylic acid groups (broad SMARTS) is 1. The van der Waals surface area contributed by atoms with Gasteiger partial charge in [0, 0.05) is 28.6 Å². The van der Waals surface area contributed by atoms with Gasteiger partial charge in [0.2, 0.25) is 0 Å². The maximum absolute atomic E-state index is 10.9. The molecule has 1 unspecified atom stereocenters. The lowest BCUT2D eigenvalue weighted by Crippen LogP contribution is -2.55. The highest BCUT2D eigenvalue weighted by molar-refractivity contribution is 14.1. The zero-order valence-corrected chi connectivity index (χ0v) is 8.85. The predicted molar refractivity (Wildman–Crippen MR) is 52.1 cm³/mol. The third kappa shape index (κ3) is 2.06. The quantitative estimate of drug-likeness (QED) is 0.301. The molecule has 0 saturated heterocycles. The number of Topliss-reactive ketones (excluding diaryl/α,β-unsaturated/α-hetero) is 1. The van der Waals surface area contributed by atoms with Gasteiger partial charge in [0.05, 0.1) is 0 Å². The fourth-order valence-electron chi connectivity index (χ4n) is 0.466. The summed E-state index contributed by atoms with van der Waals surface area (Å²) < 4.78 is 2.41. The maximum Gasteiger partial charge on any atom is 0.333 e. The maximum atomic E-state index is 10.9. The number of carboxylic acids is 1. The molecule has 1 atom stereocenters. The van der Waals surface area contributed by atoms with Crippen LogP contribution in [0.25, 0.3) is 0 Å². The van der Waals surface area contributed by atoms with Crippen LogP contribution in [0.3, 0.4) is 0 Å². The summed E-state index contributed by atoms with van der Waals surface area (Å²) in [7, 11) is 0. The Balaban J connectivity index is 4.76. The van der Waals surface area contributed by atoms with Crippen molar-refractivity contribution in [1.29, 1.82) is 0 Å². The molecule has 0 fully saturated rings. The third-order valence-corrected chi connectivity index (χ3v) is 2.76. The van der Waals surface area contributed by atoms with Gasteiger partial charge in [0.25, 0.3) is 0 Å². The van der Waals surface area contributed by atoms with Crippen LogP contribution in [-0.2, 0) is 9.59 Å². The van der Waals surface area contributed by atoms with E-state index in [9.17, 15) is 9.59 Å². The number of ketones is 1. The van der Waals surface area contributed by atoms with Crippen molar-refractivity contribution in [2.45, 2.75) is 12.5 Å². The number of thiol groups is 1. The van der Waals surface area contributed by atoms with Crippen molar-refractivity contribution in [3.8, 4) is 0 Å². The lowest BCUT2D eigenvalue weighted by molar-refractivity contribution is -0.146. The van der Waals surface area contributed by atoms with Gasteiger partial charge in [-0.3, -0.25) is 4.79 Å². The van der Waals surface area contributed by atoms with Crippen LogP contribution >= 0.6 is 35.5 Å². The van der Waals surface area contributed by atoms with Crippen molar-refractivity contribution >= 4 is 47.2 Å². The Morgan fingerprint density at radius 3 is 2.18 bits per heavy atom. The first kappa shape index (κ1) is 11.2. The van der Waals surface area contributed by atoms with E-state index >= 15 is 0 Å². The molecule has 6 heteroatoms. The number of rotatable bonds is 4. The van der Waals surface area contributed by atoms with Gasteiger partial charge in [-0.1, -0.05) is 0 Å². The van der Waals surface area contributed by atoms with Gasteiger partial charge in [-0.15, -0.1) is 0 Å². The van der Waals surface area contributed by atoms with Crippen LogP contribution in [0, 0.1) is 0 Å². The van der Waals surface area contributed by atoms with Crippen molar-refractivity contribution in [2.75, 3.05) is 5.75 Å². The Bertz CT molecular complexity index is 165. The standard InChI is InChI=1S/C5H8INO3S/c1-3(8)5(2-11,7-6)4(9)10/h7,11H,2H2,1H3,(H,9,10). The lowest BCUT2D eigenvalue weighted by atomic mass is 9.99. The fourth-order valence-corrected chi connectivity index (χ4v) is 2.01. The van der Waals surface area contributed by atoms with E-state index in [0.717, 1.165) is 0 Å². The highest BCUT2D eigenvalue weighted by Crippen LogP contribution is 2.11. The van der Waals surface area contributed by atoms with E-state index in [1.165, 1.54) is 6.92 Å². The summed E-state index contributed by atoms with van der Waals surface area (Å²) in [5.41, 5.74) is -1.54. The van der Waals surface area contributed by atoms with Crippen LogP contribution in [0.4, 0.5) is 0 Å². The Hall–Kier alpha value is 0.180. The first-order valence-electron chi connectivity index (χ1n) is 2.74. The first-order valence-corrected chi connectivity index (χ1v) is 4.45. The molecule has 0 aromatic carbocycles. The highest BCUT2D eigenvalue weighted by atomic mass is 127. The smallest absolute Gasteiger partial charge is 0.333 e. The number of carbonyl (C=O) groups is 2. The second-order valence-corrected chi connectivity index (χ2v) is 2.87. The zero-order valence-electron chi connectivity index (χ0n) is 5.80. The second kappa shape index (κ2) is 4.27. The van der Waals surface area contributed by atoms with Gasteiger partial charge in [-0.05, 0) is 6.92 Å². The molecular weight excluding hydrogens is 281 g/mol. The molecule has 0 rings (SSSR count). The molecule has 0 bridgehead atoms. The van der Waals surface area contributed by atoms with E-state index in [4.69, 9.17) is 5.11 Å². The molecule has 0 spiro atoms. The summed E-state index contributed by atoms with van der Waals surface area (Å²) in [4.78, 5) is 21.5. The lowest BCUT2D eigenvalue weighted by Gasteiger charge is -2.21. The molecule has 11 heavy (non-hydrogen) atoms. The van der Waals surface area contributed by atoms with Gasteiger partial charge in [-0.25, -0.2) is 8.32 Å². The normalized spacial score (nSPS) is 15.5. The number of nitrogens with one attached hydrogen (secondary N) is 1. The van der Waals surface area contributed by atoms with E-state index in [1.54, 1.807) is 22.9 Å². The molecule has 0 aromatic rings. The molecule has 0 aliphatic rings. The summed E-state index contributed by atoms with van der Waals surface area (Å²) in [5, 5.41) is 8.66. The summed E-state index contributed by atoms with van der Waals surface area (Å²) in [5.74, 6) is -1.70. The van der Waals surface area contributed by atoms with Crippen molar-refractivity contribution in [1.82, 2.24) is 3.53 Å². The van der Waals surface area contributed by atoms with Gasteiger partial charge in [0.1, 0.15) is 0 Å². The van der Waals surface area contributed by atoms with Crippen LogP contribution in [0.5, 0.6) is 0 Å². The number of carbonyl (C=O) groups excluding carboxylic acids is 1. The first-order chi connectivity index (χ1) is 5.01. The van der Waals surface area contributed by atoms with Crippen LogP contribution < -0.4 is 3.53 Å². The van der Waals surface area contributed by atoms with E-state index in [1.807, 2.05) is 0 Å². The minimum absolute atomic E-state index is 0.0550. The van der Waals surface area contributed by atoms with Crippen molar-refractivity contribution in [3.05, 3.63) is 0 Å². The molecule has 2 N–H and O–H groups in total. The Morgan fingerprint density at radius 1 is 1.73 bits per heavy atom. The number of hydrogen-bond acceptors (Lipinski definition) is 4. The topological polar surface area (TPSA) is 66.4 Å². The van der Waals surface area contributed by atoms with Crippen LogP contribution in [0.2, 0.25) is 0 Å². The van der Waals surface area contributed by atoms with Crippen LogP contribution in [0.1, 0.15) is 6.92 Å². The minimum Gasteiger partial charge on any atom is -0.479 e. The van der Waals surface area contributed by atoms with Crippen molar-refractivity contribution in [2.24, 2.45) is 0 Å². The summed E-state index contributed by atoms with van der Waals surface area (Å²) >= 11 is 5.42. The zero-order chi connectivity index (χ0) is 9.07. The van der Waals surface area contributed by atoms with Crippen molar-refractivity contribution in [3.63, 3.8) is 0 Å². The number of hydrogen-bond donors (Lipinski definition) is 3. The number of halogens is 1. The Labute approximate surface area is 83.6 Å².